The molecule has 1 aliphatic carbocycles. The Bertz CT molecular complexity index is 1110. The van der Waals surface area contributed by atoms with Crippen LogP contribution < -0.4 is 0 Å². The SMILES string of the molecule is O=C(COC(=O)C1CCN(S(=O)(=O)c2ccc(F)cc2)CC1)c1ccc2c(c1)CCCC2. The van der Waals surface area contributed by atoms with Crippen molar-refractivity contribution < 1.29 is 27.1 Å². The summed E-state index contributed by atoms with van der Waals surface area (Å²) < 4.78 is 45.0. The van der Waals surface area contributed by atoms with Gasteiger partial charge in [-0.2, -0.15) is 4.31 Å². The number of benzene rings is 2. The molecule has 0 saturated carbocycles. The van der Waals surface area contributed by atoms with Crippen LogP contribution in [0.1, 0.15) is 47.2 Å². The molecule has 32 heavy (non-hydrogen) atoms. The number of sulfonamides is 1. The fourth-order valence-corrected chi connectivity index (χ4v) is 5.80. The average Bonchev–Trinajstić information content (AvgIpc) is 2.82. The maximum absolute atomic E-state index is 13.1. The van der Waals surface area contributed by atoms with Gasteiger partial charge in [0.05, 0.1) is 10.8 Å². The van der Waals surface area contributed by atoms with E-state index >= 15 is 0 Å². The Morgan fingerprint density at radius 2 is 1.62 bits per heavy atom. The number of aryl methyl sites for hydroxylation is 2. The summed E-state index contributed by atoms with van der Waals surface area (Å²) in [6.45, 7) is 0.0161. The molecule has 0 spiro atoms. The number of halogens is 1. The molecule has 2 aromatic rings. The van der Waals surface area contributed by atoms with Crippen LogP contribution in [0.4, 0.5) is 4.39 Å². The highest BCUT2D eigenvalue weighted by molar-refractivity contribution is 7.89. The molecule has 0 unspecified atom stereocenters. The van der Waals surface area contributed by atoms with Crippen LogP contribution in [0.15, 0.2) is 47.4 Å². The van der Waals surface area contributed by atoms with Gasteiger partial charge in [-0.05, 0) is 80.0 Å². The second-order valence-corrected chi connectivity index (χ2v) is 10.3. The quantitative estimate of drug-likeness (QED) is 0.488. The Hall–Kier alpha value is -2.58. The number of esters is 1. The van der Waals surface area contributed by atoms with Crippen LogP contribution in [0.25, 0.3) is 0 Å². The third-order valence-electron chi connectivity index (χ3n) is 6.25. The van der Waals surface area contributed by atoms with Gasteiger partial charge in [0, 0.05) is 18.7 Å². The van der Waals surface area contributed by atoms with Crippen molar-refractivity contribution in [2.24, 2.45) is 5.92 Å². The Labute approximate surface area is 187 Å². The van der Waals surface area contributed by atoms with Crippen LogP contribution in [0, 0.1) is 11.7 Å². The van der Waals surface area contributed by atoms with E-state index in [1.807, 2.05) is 12.1 Å². The third-order valence-corrected chi connectivity index (χ3v) is 8.17. The number of piperidine rings is 1. The molecule has 0 amide bonds. The molecule has 0 radical (unpaired) electrons. The van der Waals surface area contributed by atoms with E-state index < -0.39 is 27.7 Å². The standard InChI is InChI=1S/C24H26FNO5S/c25-21-7-9-22(10-8-21)32(29,30)26-13-11-18(12-14-26)24(28)31-16-23(27)20-6-5-17-3-1-2-4-19(17)15-20/h5-10,15,18H,1-4,11-14,16H2. The van der Waals surface area contributed by atoms with Gasteiger partial charge in [0.1, 0.15) is 5.82 Å². The minimum Gasteiger partial charge on any atom is -0.457 e. The summed E-state index contributed by atoms with van der Waals surface area (Å²) >= 11 is 0. The molecule has 0 bridgehead atoms. The minimum atomic E-state index is -3.74. The zero-order valence-corrected chi connectivity index (χ0v) is 18.6. The maximum Gasteiger partial charge on any atom is 0.309 e. The van der Waals surface area contributed by atoms with Crippen molar-refractivity contribution in [1.82, 2.24) is 4.31 Å². The molecule has 0 atom stereocenters. The molecule has 0 N–H and O–H groups in total. The Morgan fingerprint density at radius 3 is 2.31 bits per heavy atom. The van der Waals surface area contributed by atoms with Gasteiger partial charge < -0.3 is 4.74 Å². The van der Waals surface area contributed by atoms with Crippen molar-refractivity contribution in [3.63, 3.8) is 0 Å². The van der Waals surface area contributed by atoms with E-state index in [0.29, 0.717) is 18.4 Å². The summed E-state index contributed by atoms with van der Waals surface area (Å²) in [4.78, 5) is 25.0. The molecule has 0 aromatic heterocycles. The van der Waals surface area contributed by atoms with Gasteiger partial charge in [0.2, 0.25) is 10.0 Å². The summed E-state index contributed by atoms with van der Waals surface area (Å²) in [6, 6.07) is 10.4. The molecule has 2 aromatic carbocycles. The first-order chi connectivity index (χ1) is 15.3. The molecule has 4 rings (SSSR count). The van der Waals surface area contributed by atoms with Gasteiger partial charge in [0.25, 0.3) is 0 Å². The number of fused-ring (bicyclic) bond motifs is 1. The first kappa shape index (κ1) is 22.6. The zero-order valence-electron chi connectivity index (χ0n) is 17.8. The highest BCUT2D eigenvalue weighted by Gasteiger charge is 2.33. The largest absolute Gasteiger partial charge is 0.457 e. The molecule has 1 heterocycles. The summed E-state index contributed by atoms with van der Waals surface area (Å²) in [5, 5.41) is 0. The second kappa shape index (κ2) is 9.50. The predicted octanol–water partition coefficient (Wildman–Crippen LogP) is 3.53. The Kier molecular flexibility index (Phi) is 6.71. The van der Waals surface area contributed by atoms with Crippen LogP contribution in [-0.4, -0.2) is 44.2 Å². The summed E-state index contributed by atoms with van der Waals surface area (Å²) in [7, 11) is -3.74. The van der Waals surface area contributed by atoms with Crippen LogP contribution in [-0.2, 0) is 32.4 Å². The van der Waals surface area contributed by atoms with Crippen molar-refractivity contribution in [3.8, 4) is 0 Å². The van der Waals surface area contributed by atoms with Crippen LogP contribution >= 0.6 is 0 Å². The van der Waals surface area contributed by atoms with E-state index in [2.05, 4.69) is 0 Å². The lowest BCUT2D eigenvalue weighted by Gasteiger charge is -2.30. The number of Topliss-reactive ketones (excluding diaryl/α,β-unsaturated/α-hetero) is 1. The first-order valence-electron chi connectivity index (χ1n) is 10.9. The summed E-state index contributed by atoms with van der Waals surface area (Å²) in [6.07, 6.45) is 4.92. The van der Waals surface area contributed by atoms with Crippen molar-refractivity contribution >= 4 is 21.8 Å². The lowest BCUT2D eigenvalue weighted by molar-refractivity contribution is -0.148. The van der Waals surface area contributed by atoms with Crippen molar-refractivity contribution in [2.75, 3.05) is 19.7 Å². The number of nitrogens with zero attached hydrogens (tertiary/aromatic N) is 1. The van der Waals surface area contributed by atoms with E-state index in [4.69, 9.17) is 4.74 Å². The highest BCUT2D eigenvalue weighted by atomic mass is 32.2. The van der Waals surface area contributed by atoms with Crippen LogP contribution in [0.3, 0.4) is 0 Å². The number of carbonyl (C=O) groups is 2. The number of hydrogen-bond acceptors (Lipinski definition) is 5. The van der Waals surface area contributed by atoms with Gasteiger partial charge in [-0.1, -0.05) is 12.1 Å². The summed E-state index contributed by atoms with van der Waals surface area (Å²) in [5.74, 6) is -1.67. The van der Waals surface area contributed by atoms with Gasteiger partial charge in [0.15, 0.2) is 12.4 Å². The van der Waals surface area contributed by atoms with Crippen molar-refractivity contribution in [3.05, 3.63) is 65.0 Å². The Morgan fingerprint density at radius 1 is 0.969 bits per heavy atom. The molecule has 6 nitrogen and oxygen atoms in total. The maximum atomic E-state index is 13.1. The van der Waals surface area contributed by atoms with Gasteiger partial charge in [-0.15, -0.1) is 0 Å². The normalized spacial score (nSPS) is 17.5. The number of ketones is 1. The molecular weight excluding hydrogens is 433 g/mol. The third kappa shape index (κ3) is 4.91. The summed E-state index contributed by atoms with van der Waals surface area (Å²) in [5.41, 5.74) is 3.04. The van der Waals surface area contributed by atoms with E-state index in [9.17, 15) is 22.4 Å². The Balaban J connectivity index is 1.29. The smallest absolute Gasteiger partial charge is 0.309 e. The number of rotatable bonds is 6. The topological polar surface area (TPSA) is 80.8 Å². The number of carbonyl (C=O) groups excluding carboxylic acids is 2. The molecular formula is C24H26FNO5S. The number of ether oxygens (including phenoxy) is 1. The fourth-order valence-electron chi connectivity index (χ4n) is 4.33. The molecule has 2 aliphatic rings. The van der Waals surface area contributed by atoms with Gasteiger partial charge in [-0.25, -0.2) is 12.8 Å². The monoisotopic (exact) mass is 459 g/mol. The van der Waals surface area contributed by atoms with Gasteiger partial charge >= 0.3 is 5.97 Å². The van der Waals surface area contributed by atoms with Crippen LogP contribution in [0.5, 0.6) is 0 Å². The molecule has 1 fully saturated rings. The molecule has 8 heteroatoms. The van der Waals surface area contributed by atoms with E-state index in [-0.39, 0.29) is 30.4 Å². The zero-order chi connectivity index (χ0) is 22.7. The second-order valence-electron chi connectivity index (χ2n) is 8.35. The van der Waals surface area contributed by atoms with Gasteiger partial charge in [-0.3, -0.25) is 9.59 Å². The molecule has 1 saturated heterocycles. The fraction of sp³-hybridized carbons (Fsp3) is 0.417. The average molecular weight is 460 g/mol. The molecule has 1 aliphatic heterocycles. The van der Waals surface area contributed by atoms with E-state index in [1.165, 1.54) is 34.0 Å². The molecule has 170 valence electrons. The highest BCUT2D eigenvalue weighted by Crippen LogP contribution is 2.25. The lowest BCUT2D eigenvalue weighted by atomic mass is 9.90. The van der Waals surface area contributed by atoms with E-state index in [1.54, 1.807) is 6.07 Å². The lowest BCUT2D eigenvalue weighted by Crippen LogP contribution is -2.40. The minimum absolute atomic E-state index is 0.0237. The van der Waals surface area contributed by atoms with E-state index in [0.717, 1.165) is 31.4 Å². The number of hydrogen-bond donors (Lipinski definition) is 0. The van der Waals surface area contributed by atoms with Crippen molar-refractivity contribution in [1.29, 1.82) is 0 Å². The van der Waals surface area contributed by atoms with Crippen molar-refractivity contribution in [2.45, 2.75) is 43.4 Å². The predicted molar refractivity (Wildman–Crippen MR) is 116 cm³/mol. The first-order valence-corrected chi connectivity index (χ1v) is 12.4. The van der Waals surface area contributed by atoms with Crippen LogP contribution in [0.2, 0.25) is 0 Å².